The fourth-order valence-electron chi connectivity index (χ4n) is 3.26. The monoisotopic (exact) mass is 451 g/mol. The number of aliphatic imine (C=N–C) groups is 1. The van der Waals surface area contributed by atoms with Gasteiger partial charge in [0.15, 0.2) is 0 Å². The van der Waals surface area contributed by atoms with Gasteiger partial charge in [-0.05, 0) is 24.1 Å². The number of rotatable bonds is 15. The van der Waals surface area contributed by atoms with Gasteiger partial charge < -0.3 is 9.47 Å². The number of esters is 1. The Morgan fingerprint density at radius 2 is 1.73 bits per heavy atom. The number of nitrogens with zero attached hydrogens (tertiary/aromatic N) is 1. The molecule has 1 unspecified atom stereocenters. The van der Waals surface area contributed by atoms with E-state index in [0.717, 1.165) is 35.3 Å². The van der Waals surface area contributed by atoms with Gasteiger partial charge in [-0.25, -0.2) is 0 Å². The first-order valence-electron chi connectivity index (χ1n) is 11.3. The van der Waals surface area contributed by atoms with Crippen molar-refractivity contribution in [2.45, 2.75) is 82.1 Å². The predicted molar refractivity (Wildman–Crippen MR) is 131 cm³/mol. The molecule has 0 spiro atoms. The molecule has 1 aromatic carbocycles. The minimum absolute atomic E-state index is 0.0575. The van der Waals surface area contributed by atoms with Crippen LogP contribution in [0.15, 0.2) is 29.3 Å². The van der Waals surface area contributed by atoms with E-state index in [-0.39, 0.29) is 11.2 Å². The van der Waals surface area contributed by atoms with Gasteiger partial charge in [-0.15, -0.1) is 0 Å². The first-order valence-corrected chi connectivity index (χ1v) is 13.2. The highest BCUT2D eigenvalue weighted by molar-refractivity contribution is 8.39. The summed E-state index contributed by atoms with van der Waals surface area (Å²) in [5, 5.41) is 0.260. The molecule has 1 aliphatic rings. The summed E-state index contributed by atoms with van der Waals surface area (Å²) in [6.45, 7) is 3.46. The van der Waals surface area contributed by atoms with E-state index in [9.17, 15) is 4.79 Å². The lowest BCUT2D eigenvalue weighted by Crippen LogP contribution is -2.16. The van der Waals surface area contributed by atoms with Crippen molar-refractivity contribution < 1.29 is 14.3 Å². The second-order valence-electron chi connectivity index (χ2n) is 7.74. The van der Waals surface area contributed by atoms with Crippen LogP contribution in [0, 0.1) is 0 Å². The number of unbranched alkanes of at least 4 members (excludes halogenated alkanes) is 8. The van der Waals surface area contributed by atoms with Gasteiger partial charge in [0.05, 0.1) is 18.9 Å². The Morgan fingerprint density at radius 3 is 2.40 bits per heavy atom. The van der Waals surface area contributed by atoms with Gasteiger partial charge >= 0.3 is 5.97 Å². The third-order valence-electron chi connectivity index (χ3n) is 5.13. The average Bonchev–Trinajstić information content (AvgIpc) is 3.23. The first-order chi connectivity index (χ1) is 14.7. The van der Waals surface area contributed by atoms with Crippen LogP contribution in [0.1, 0.15) is 76.7 Å². The summed E-state index contributed by atoms with van der Waals surface area (Å²) in [6.07, 6.45) is 11.9. The summed E-state index contributed by atoms with van der Waals surface area (Å²) in [6, 6.07) is 8.13. The molecule has 0 saturated carbocycles. The smallest absolute Gasteiger partial charge is 0.305 e. The van der Waals surface area contributed by atoms with Gasteiger partial charge in [0.2, 0.25) is 0 Å². The second kappa shape index (κ2) is 15.6. The van der Waals surface area contributed by atoms with E-state index in [1.807, 2.05) is 12.1 Å². The van der Waals surface area contributed by atoms with E-state index in [2.05, 4.69) is 24.0 Å². The minimum Gasteiger partial charge on any atom is -0.497 e. The molecule has 6 heteroatoms. The number of carbonyl (C=O) groups excluding carboxylic acids is 1. The highest BCUT2D eigenvalue weighted by atomic mass is 32.2. The van der Waals surface area contributed by atoms with Crippen molar-refractivity contribution in [1.29, 1.82) is 0 Å². The Labute approximate surface area is 191 Å². The zero-order valence-corrected chi connectivity index (χ0v) is 20.2. The van der Waals surface area contributed by atoms with Gasteiger partial charge in [-0.2, -0.15) is 0 Å². The lowest BCUT2D eigenvalue weighted by molar-refractivity contribution is -0.143. The number of ether oxygens (including phenoxy) is 2. The summed E-state index contributed by atoms with van der Waals surface area (Å²) >= 11 is 3.48. The SMILES string of the molecule is CCCCCCCCCCCC(=O)OCC1CN=C(SCc2ccc(OC)cc2)S1. The van der Waals surface area contributed by atoms with Gasteiger partial charge in [-0.3, -0.25) is 9.79 Å². The van der Waals surface area contributed by atoms with Crippen molar-refractivity contribution in [1.82, 2.24) is 0 Å². The molecule has 0 N–H and O–H groups in total. The van der Waals surface area contributed by atoms with Crippen LogP contribution in [0.5, 0.6) is 5.75 Å². The molecule has 168 valence electrons. The Kier molecular flexibility index (Phi) is 13.1. The zero-order valence-electron chi connectivity index (χ0n) is 18.6. The Hall–Kier alpha value is -1.14. The number of benzene rings is 1. The maximum atomic E-state index is 12.0. The van der Waals surface area contributed by atoms with Crippen LogP contribution in [0.3, 0.4) is 0 Å². The molecule has 0 aliphatic carbocycles. The fourth-order valence-corrected chi connectivity index (χ4v) is 5.49. The van der Waals surface area contributed by atoms with Gasteiger partial charge in [0, 0.05) is 12.2 Å². The summed E-state index contributed by atoms with van der Waals surface area (Å²) < 4.78 is 11.8. The third-order valence-corrected chi connectivity index (χ3v) is 7.57. The van der Waals surface area contributed by atoms with E-state index >= 15 is 0 Å². The number of carbonyl (C=O) groups is 1. The van der Waals surface area contributed by atoms with Crippen LogP contribution in [-0.4, -0.2) is 35.9 Å². The molecular formula is C24H37NO3S2. The largest absolute Gasteiger partial charge is 0.497 e. The second-order valence-corrected chi connectivity index (χ2v) is 10.3. The topological polar surface area (TPSA) is 47.9 Å². The molecule has 1 aromatic rings. The van der Waals surface area contributed by atoms with E-state index < -0.39 is 0 Å². The van der Waals surface area contributed by atoms with Crippen molar-refractivity contribution in [3.05, 3.63) is 29.8 Å². The molecule has 0 aromatic heterocycles. The van der Waals surface area contributed by atoms with Crippen molar-refractivity contribution >= 4 is 33.9 Å². The molecule has 30 heavy (non-hydrogen) atoms. The molecule has 0 saturated heterocycles. The third kappa shape index (κ3) is 10.8. The maximum absolute atomic E-state index is 12.0. The molecule has 0 amide bonds. The van der Waals surface area contributed by atoms with Crippen molar-refractivity contribution in [3.63, 3.8) is 0 Å². The Balaban J connectivity index is 1.46. The van der Waals surface area contributed by atoms with E-state index in [1.165, 1.54) is 50.5 Å². The molecule has 1 aliphatic heterocycles. The molecule has 4 nitrogen and oxygen atoms in total. The normalized spacial score (nSPS) is 15.8. The van der Waals surface area contributed by atoms with Crippen LogP contribution >= 0.6 is 23.5 Å². The summed E-state index contributed by atoms with van der Waals surface area (Å²) in [7, 11) is 1.68. The molecular weight excluding hydrogens is 414 g/mol. The lowest BCUT2D eigenvalue weighted by Gasteiger charge is -2.09. The summed E-state index contributed by atoms with van der Waals surface area (Å²) in [4.78, 5) is 16.6. The Morgan fingerprint density at radius 1 is 1.07 bits per heavy atom. The van der Waals surface area contributed by atoms with Crippen molar-refractivity contribution in [3.8, 4) is 5.75 Å². The van der Waals surface area contributed by atoms with Crippen LogP contribution in [0.25, 0.3) is 0 Å². The number of methoxy groups -OCH3 is 1. The summed E-state index contributed by atoms with van der Waals surface area (Å²) in [5.41, 5.74) is 1.25. The Bertz CT molecular complexity index is 634. The van der Waals surface area contributed by atoms with Crippen LogP contribution in [0.4, 0.5) is 0 Å². The van der Waals surface area contributed by atoms with Gasteiger partial charge in [-0.1, -0.05) is 93.9 Å². The highest BCUT2D eigenvalue weighted by Crippen LogP contribution is 2.30. The number of hydrogen-bond acceptors (Lipinski definition) is 6. The molecule has 1 atom stereocenters. The minimum atomic E-state index is -0.0575. The highest BCUT2D eigenvalue weighted by Gasteiger charge is 2.21. The first kappa shape index (κ1) is 25.1. The molecule has 1 heterocycles. The quantitative estimate of drug-likeness (QED) is 0.215. The number of thioether (sulfide) groups is 2. The fraction of sp³-hybridized carbons (Fsp3) is 0.667. The van der Waals surface area contributed by atoms with Crippen LogP contribution in [0.2, 0.25) is 0 Å². The molecule has 0 bridgehead atoms. The molecule has 0 fully saturated rings. The zero-order chi connectivity index (χ0) is 21.4. The predicted octanol–water partition coefficient (Wildman–Crippen LogP) is 6.86. The summed E-state index contributed by atoms with van der Waals surface area (Å²) in [5.74, 6) is 1.71. The van der Waals surface area contributed by atoms with Crippen molar-refractivity contribution in [2.75, 3.05) is 20.3 Å². The molecule has 0 radical (unpaired) electrons. The average molecular weight is 452 g/mol. The standard InChI is InChI=1S/C24H37NO3S2/c1-3-4-5-6-7-8-9-10-11-12-23(26)28-18-22-17-25-24(30-22)29-19-20-13-15-21(27-2)16-14-20/h13-16,22H,3-12,17-19H2,1-2H3. The van der Waals surface area contributed by atoms with E-state index in [4.69, 9.17) is 9.47 Å². The number of hydrogen-bond donors (Lipinski definition) is 0. The van der Waals surface area contributed by atoms with E-state index in [0.29, 0.717) is 13.0 Å². The van der Waals surface area contributed by atoms with Crippen molar-refractivity contribution in [2.24, 2.45) is 4.99 Å². The maximum Gasteiger partial charge on any atom is 0.305 e. The van der Waals surface area contributed by atoms with Gasteiger partial charge in [0.25, 0.3) is 0 Å². The van der Waals surface area contributed by atoms with E-state index in [1.54, 1.807) is 30.6 Å². The van der Waals surface area contributed by atoms with Gasteiger partial charge in [0.1, 0.15) is 16.7 Å². The molecule has 2 rings (SSSR count). The van der Waals surface area contributed by atoms with Crippen LogP contribution < -0.4 is 4.74 Å². The lowest BCUT2D eigenvalue weighted by atomic mass is 10.1. The van der Waals surface area contributed by atoms with Crippen LogP contribution in [-0.2, 0) is 15.3 Å².